The molecule has 0 aliphatic carbocycles. The SMILES string of the molecule is Cc1cc(NC(=O)COc2ccc(Cl)cc2Cl)nc(=O)[nH]1. The van der Waals surface area contributed by atoms with Crippen molar-refractivity contribution in [1.82, 2.24) is 9.97 Å². The molecule has 1 aromatic heterocycles. The molecular weight excluding hydrogens is 317 g/mol. The smallest absolute Gasteiger partial charge is 0.347 e. The molecule has 0 saturated heterocycles. The molecule has 0 aliphatic heterocycles. The van der Waals surface area contributed by atoms with Crippen LogP contribution in [0.15, 0.2) is 29.1 Å². The number of amides is 1. The average Bonchev–Trinajstić information content (AvgIpc) is 2.36. The van der Waals surface area contributed by atoms with E-state index in [0.717, 1.165) is 0 Å². The largest absolute Gasteiger partial charge is 0.482 e. The fourth-order valence-electron chi connectivity index (χ4n) is 1.56. The number of nitrogens with one attached hydrogen (secondary N) is 2. The van der Waals surface area contributed by atoms with Crippen LogP contribution >= 0.6 is 23.2 Å². The van der Waals surface area contributed by atoms with E-state index in [1.807, 2.05) is 0 Å². The van der Waals surface area contributed by atoms with Crippen molar-refractivity contribution in [3.63, 3.8) is 0 Å². The minimum atomic E-state index is -0.535. The Hall–Kier alpha value is -2.05. The Morgan fingerprint density at radius 3 is 2.81 bits per heavy atom. The fourth-order valence-corrected chi connectivity index (χ4v) is 2.02. The second kappa shape index (κ2) is 6.60. The lowest BCUT2D eigenvalue weighted by molar-refractivity contribution is -0.118. The van der Waals surface area contributed by atoms with Crippen LogP contribution in [0.5, 0.6) is 5.75 Å². The van der Waals surface area contributed by atoms with Gasteiger partial charge in [0.15, 0.2) is 6.61 Å². The zero-order valence-corrected chi connectivity index (χ0v) is 12.5. The van der Waals surface area contributed by atoms with Gasteiger partial charge in [-0.15, -0.1) is 0 Å². The lowest BCUT2D eigenvalue weighted by Crippen LogP contribution is -2.23. The summed E-state index contributed by atoms with van der Waals surface area (Å²) in [6.45, 7) is 1.41. The summed E-state index contributed by atoms with van der Waals surface area (Å²) in [4.78, 5) is 29.0. The maximum Gasteiger partial charge on any atom is 0.347 e. The number of halogens is 2. The molecule has 0 saturated carbocycles. The molecule has 2 rings (SSSR count). The topological polar surface area (TPSA) is 84.1 Å². The number of H-pyrrole nitrogens is 1. The number of aryl methyl sites for hydroxylation is 1. The van der Waals surface area contributed by atoms with Crippen LogP contribution < -0.4 is 15.7 Å². The van der Waals surface area contributed by atoms with Gasteiger partial charge in [-0.3, -0.25) is 4.79 Å². The summed E-state index contributed by atoms with van der Waals surface area (Å²) in [6.07, 6.45) is 0. The maximum atomic E-state index is 11.7. The quantitative estimate of drug-likeness (QED) is 0.903. The molecule has 0 spiro atoms. The molecule has 1 aromatic carbocycles. The summed E-state index contributed by atoms with van der Waals surface area (Å²) in [6, 6.07) is 6.21. The monoisotopic (exact) mass is 327 g/mol. The van der Waals surface area contributed by atoms with Crippen molar-refractivity contribution in [2.45, 2.75) is 6.92 Å². The Bertz CT molecular complexity index is 731. The molecule has 2 N–H and O–H groups in total. The van der Waals surface area contributed by atoms with Crippen LogP contribution in [0.4, 0.5) is 5.82 Å². The van der Waals surface area contributed by atoms with Gasteiger partial charge in [0, 0.05) is 16.8 Å². The molecule has 1 heterocycles. The van der Waals surface area contributed by atoms with Gasteiger partial charge in [-0.05, 0) is 25.1 Å². The van der Waals surface area contributed by atoms with Gasteiger partial charge in [-0.2, -0.15) is 4.98 Å². The molecule has 21 heavy (non-hydrogen) atoms. The number of rotatable bonds is 4. The first kappa shape index (κ1) is 15.3. The predicted octanol–water partition coefficient (Wildman–Crippen LogP) is 2.40. The van der Waals surface area contributed by atoms with Crippen molar-refractivity contribution in [2.24, 2.45) is 0 Å². The van der Waals surface area contributed by atoms with Crippen LogP contribution in [-0.2, 0) is 4.79 Å². The lowest BCUT2D eigenvalue weighted by Gasteiger charge is -2.08. The van der Waals surface area contributed by atoms with Crippen molar-refractivity contribution in [1.29, 1.82) is 0 Å². The van der Waals surface area contributed by atoms with Crippen molar-refractivity contribution >= 4 is 34.9 Å². The number of carbonyl (C=O) groups is 1. The first-order chi connectivity index (χ1) is 9.94. The molecule has 1 amide bonds. The van der Waals surface area contributed by atoms with Gasteiger partial charge in [0.1, 0.15) is 11.6 Å². The van der Waals surface area contributed by atoms with E-state index in [4.69, 9.17) is 27.9 Å². The third-order valence-electron chi connectivity index (χ3n) is 2.40. The van der Waals surface area contributed by atoms with Crippen LogP contribution in [0.2, 0.25) is 10.0 Å². The van der Waals surface area contributed by atoms with E-state index in [1.165, 1.54) is 12.1 Å². The highest BCUT2D eigenvalue weighted by atomic mass is 35.5. The highest BCUT2D eigenvalue weighted by molar-refractivity contribution is 6.35. The van der Waals surface area contributed by atoms with Crippen molar-refractivity contribution in [2.75, 3.05) is 11.9 Å². The zero-order valence-electron chi connectivity index (χ0n) is 10.9. The van der Waals surface area contributed by atoms with Gasteiger partial charge in [0.2, 0.25) is 0 Å². The van der Waals surface area contributed by atoms with Gasteiger partial charge < -0.3 is 15.0 Å². The Balaban J connectivity index is 1.97. The van der Waals surface area contributed by atoms with Gasteiger partial charge >= 0.3 is 5.69 Å². The molecule has 8 heteroatoms. The molecule has 2 aromatic rings. The van der Waals surface area contributed by atoms with Crippen LogP contribution in [0.25, 0.3) is 0 Å². The molecule has 110 valence electrons. The van der Waals surface area contributed by atoms with Crippen LogP contribution in [0.3, 0.4) is 0 Å². The molecule has 0 bridgehead atoms. The minimum Gasteiger partial charge on any atom is -0.482 e. The number of nitrogens with zero attached hydrogens (tertiary/aromatic N) is 1. The van der Waals surface area contributed by atoms with E-state index >= 15 is 0 Å². The number of carbonyl (C=O) groups excluding carboxylic acids is 1. The van der Waals surface area contributed by atoms with Gasteiger partial charge in [0.05, 0.1) is 5.02 Å². The van der Waals surface area contributed by atoms with E-state index in [0.29, 0.717) is 21.5 Å². The first-order valence-corrected chi connectivity index (χ1v) is 6.65. The van der Waals surface area contributed by atoms with Crippen LogP contribution in [0.1, 0.15) is 5.69 Å². The number of ether oxygens (including phenoxy) is 1. The number of hydrogen-bond acceptors (Lipinski definition) is 4. The summed E-state index contributed by atoms with van der Waals surface area (Å²) in [5, 5.41) is 3.24. The van der Waals surface area contributed by atoms with Gasteiger partial charge in [-0.1, -0.05) is 23.2 Å². The summed E-state index contributed by atoms with van der Waals surface area (Å²) in [7, 11) is 0. The van der Waals surface area contributed by atoms with Gasteiger partial charge in [0.25, 0.3) is 5.91 Å². The average molecular weight is 328 g/mol. The van der Waals surface area contributed by atoms with Gasteiger partial charge in [-0.25, -0.2) is 4.79 Å². The molecule has 0 fully saturated rings. The fraction of sp³-hybridized carbons (Fsp3) is 0.154. The first-order valence-electron chi connectivity index (χ1n) is 5.90. The Morgan fingerprint density at radius 2 is 2.14 bits per heavy atom. The lowest BCUT2D eigenvalue weighted by atomic mass is 10.3. The molecule has 0 atom stereocenters. The Labute approximate surface area is 130 Å². The molecule has 0 aliphatic rings. The number of anilines is 1. The maximum absolute atomic E-state index is 11.7. The minimum absolute atomic E-state index is 0.159. The van der Waals surface area contributed by atoms with Crippen molar-refractivity contribution < 1.29 is 9.53 Å². The van der Waals surface area contributed by atoms with E-state index in [1.54, 1.807) is 19.1 Å². The van der Waals surface area contributed by atoms with Crippen molar-refractivity contribution in [3.8, 4) is 5.75 Å². The molecule has 0 radical (unpaired) electrons. The highest BCUT2D eigenvalue weighted by Crippen LogP contribution is 2.27. The predicted molar refractivity (Wildman–Crippen MR) is 80.2 cm³/mol. The third kappa shape index (κ3) is 4.47. The molecule has 0 unspecified atom stereocenters. The summed E-state index contributed by atoms with van der Waals surface area (Å²) in [5.74, 6) is 0.0387. The standard InChI is InChI=1S/C13H11Cl2N3O3/c1-7-4-11(18-13(20)16-7)17-12(19)6-21-10-3-2-8(14)5-9(10)15/h2-5H,6H2,1H3,(H2,16,17,18,19,20). The normalized spacial score (nSPS) is 10.2. The van der Waals surface area contributed by atoms with E-state index in [2.05, 4.69) is 15.3 Å². The third-order valence-corrected chi connectivity index (χ3v) is 2.93. The zero-order chi connectivity index (χ0) is 15.4. The number of aromatic nitrogens is 2. The Morgan fingerprint density at radius 1 is 1.38 bits per heavy atom. The van der Waals surface area contributed by atoms with Crippen LogP contribution in [-0.4, -0.2) is 22.5 Å². The summed E-state index contributed by atoms with van der Waals surface area (Å²) in [5.41, 5.74) is 0.0546. The highest BCUT2D eigenvalue weighted by Gasteiger charge is 2.08. The van der Waals surface area contributed by atoms with Crippen LogP contribution in [0, 0.1) is 6.92 Å². The molecular formula is C13H11Cl2N3O3. The molecule has 6 nitrogen and oxygen atoms in total. The second-order valence-corrected chi connectivity index (χ2v) is 5.01. The number of benzene rings is 1. The number of aromatic amines is 1. The number of hydrogen-bond donors (Lipinski definition) is 2. The summed E-state index contributed by atoms with van der Waals surface area (Å²) < 4.78 is 5.27. The summed E-state index contributed by atoms with van der Waals surface area (Å²) >= 11 is 11.7. The Kier molecular flexibility index (Phi) is 4.82. The second-order valence-electron chi connectivity index (χ2n) is 4.17. The van der Waals surface area contributed by atoms with E-state index in [9.17, 15) is 9.59 Å². The van der Waals surface area contributed by atoms with E-state index < -0.39 is 11.6 Å². The van der Waals surface area contributed by atoms with Crippen molar-refractivity contribution in [3.05, 3.63) is 50.5 Å². The van der Waals surface area contributed by atoms with E-state index in [-0.39, 0.29) is 12.4 Å².